The minimum absolute atomic E-state index is 0. The molecule has 0 aromatic carbocycles. The number of nitrogens with one attached hydrogen (secondary N) is 1. The third-order valence-corrected chi connectivity index (χ3v) is 3.85. The van der Waals surface area contributed by atoms with E-state index in [2.05, 4.69) is 10.3 Å². The number of guanidine groups is 1. The summed E-state index contributed by atoms with van der Waals surface area (Å²) in [6.45, 7) is 3.21. The Kier molecular flexibility index (Phi) is 11.4. The number of alkyl halides is 3. The smallest absolute Gasteiger partial charge is 0.401 e. The lowest BCUT2D eigenvalue weighted by molar-refractivity contribution is -0.149. The van der Waals surface area contributed by atoms with Crippen LogP contribution in [-0.4, -0.2) is 81.3 Å². The molecule has 0 aliphatic carbocycles. The van der Waals surface area contributed by atoms with Crippen LogP contribution in [0.1, 0.15) is 19.8 Å². The Labute approximate surface area is 164 Å². The van der Waals surface area contributed by atoms with Gasteiger partial charge in [-0.05, 0) is 26.8 Å². The van der Waals surface area contributed by atoms with E-state index in [1.807, 2.05) is 4.90 Å². The van der Waals surface area contributed by atoms with Gasteiger partial charge in [0.25, 0.3) is 0 Å². The highest BCUT2D eigenvalue weighted by molar-refractivity contribution is 14.0. The highest BCUT2D eigenvalue weighted by atomic mass is 127. The zero-order chi connectivity index (χ0) is 18.2. The number of esters is 1. The van der Waals surface area contributed by atoms with E-state index in [0.29, 0.717) is 45.0 Å². The summed E-state index contributed by atoms with van der Waals surface area (Å²) >= 11 is 0. The Morgan fingerprint density at radius 1 is 1.36 bits per heavy atom. The molecule has 1 aliphatic rings. The first-order valence-electron chi connectivity index (χ1n) is 8.14. The van der Waals surface area contributed by atoms with Crippen molar-refractivity contribution in [2.45, 2.75) is 25.9 Å². The SMILES string of the molecule is CCOC(=O)C1CCN(C(=NC)NCCN(C)CC(F)(F)F)CC1.I. The monoisotopic (exact) mass is 480 g/mol. The summed E-state index contributed by atoms with van der Waals surface area (Å²) in [5, 5.41) is 3.08. The summed E-state index contributed by atoms with van der Waals surface area (Å²) in [7, 11) is 3.07. The first kappa shape index (κ1) is 24.2. The number of ether oxygens (including phenoxy) is 1. The van der Waals surface area contributed by atoms with Crippen molar-refractivity contribution in [2.75, 3.05) is 53.4 Å². The highest BCUT2D eigenvalue weighted by Gasteiger charge is 2.29. The number of piperidine rings is 1. The Balaban J connectivity index is 0.00000576. The molecule has 0 bridgehead atoms. The van der Waals surface area contributed by atoms with Crippen molar-refractivity contribution in [3.8, 4) is 0 Å². The largest absolute Gasteiger partial charge is 0.466 e. The Bertz CT molecular complexity index is 427. The van der Waals surface area contributed by atoms with E-state index in [-0.39, 0.29) is 42.4 Å². The second-order valence-corrected chi connectivity index (χ2v) is 5.84. The number of hydrogen-bond donors (Lipinski definition) is 1. The summed E-state index contributed by atoms with van der Waals surface area (Å²) in [6, 6.07) is 0. The van der Waals surface area contributed by atoms with Crippen molar-refractivity contribution in [1.82, 2.24) is 15.1 Å². The number of likely N-dealkylation sites (N-methyl/N-ethyl adjacent to an activating group) is 1. The average molecular weight is 480 g/mol. The third-order valence-electron chi connectivity index (χ3n) is 3.85. The Hall–Kier alpha value is -0.780. The third kappa shape index (κ3) is 9.47. The molecule has 0 aromatic heterocycles. The molecule has 0 saturated carbocycles. The molecule has 0 amide bonds. The van der Waals surface area contributed by atoms with Gasteiger partial charge in [-0.1, -0.05) is 0 Å². The summed E-state index contributed by atoms with van der Waals surface area (Å²) in [6.07, 6.45) is -2.81. The van der Waals surface area contributed by atoms with E-state index in [0.717, 1.165) is 0 Å². The molecule has 1 saturated heterocycles. The van der Waals surface area contributed by atoms with E-state index in [1.165, 1.54) is 11.9 Å². The molecular weight excluding hydrogens is 452 g/mol. The van der Waals surface area contributed by atoms with Gasteiger partial charge < -0.3 is 15.0 Å². The van der Waals surface area contributed by atoms with Crippen LogP contribution in [0.25, 0.3) is 0 Å². The molecule has 0 spiro atoms. The zero-order valence-electron chi connectivity index (χ0n) is 14.9. The maximum absolute atomic E-state index is 12.3. The number of likely N-dealkylation sites (tertiary alicyclic amines) is 1. The predicted octanol–water partition coefficient (Wildman–Crippen LogP) is 1.95. The van der Waals surface area contributed by atoms with E-state index in [1.54, 1.807) is 14.0 Å². The van der Waals surface area contributed by atoms with Crippen LogP contribution in [0.5, 0.6) is 0 Å². The van der Waals surface area contributed by atoms with Gasteiger partial charge in [0.05, 0.1) is 19.1 Å². The normalized spacial score (nSPS) is 16.6. The molecule has 0 aromatic rings. The molecule has 0 unspecified atom stereocenters. The van der Waals surface area contributed by atoms with E-state index in [9.17, 15) is 18.0 Å². The molecule has 1 fully saturated rings. The second-order valence-electron chi connectivity index (χ2n) is 5.84. The van der Waals surface area contributed by atoms with Crippen molar-refractivity contribution < 1.29 is 22.7 Å². The molecule has 1 rings (SSSR count). The van der Waals surface area contributed by atoms with Crippen LogP contribution in [0.2, 0.25) is 0 Å². The van der Waals surface area contributed by atoms with Crippen LogP contribution in [0, 0.1) is 5.92 Å². The van der Waals surface area contributed by atoms with Crippen molar-refractivity contribution in [3.63, 3.8) is 0 Å². The summed E-state index contributed by atoms with van der Waals surface area (Å²) in [5.41, 5.74) is 0. The summed E-state index contributed by atoms with van der Waals surface area (Å²) in [5.74, 6) is 0.406. The maximum atomic E-state index is 12.3. The Morgan fingerprint density at radius 2 is 1.96 bits per heavy atom. The predicted molar refractivity (Wildman–Crippen MR) is 101 cm³/mol. The number of halogens is 4. The van der Waals surface area contributed by atoms with E-state index >= 15 is 0 Å². The first-order chi connectivity index (χ1) is 11.3. The topological polar surface area (TPSA) is 57.2 Å². The van der Waals surface area contributed by atoms with Crippen molar-refractivity contribution in [3.05, 3.63) is 0 Å². The fourth-order valence-electron chi connectivity index (χ4n) is 2.66. The number of hydrogen-bond acceptors (Lipinski definition) is 4. The number of carbonyl (C=O) groups excluding carboxylic acids is 1. The van der Waals surface area contributed by atoms with Gasteiger partial charge in [0.2, 0.25) is 0 Å². The number of rotatable bonds is 6. The van der Waals surface area contributed by atoms with Crippen LogP contribution in [-0.2, 0) is 9.53 Å². The van der Waals surface area contributed by atoms with Crippen molar-refractivity contribution in [2.24, 2.45) is 10.9 Å². The second kappa shape index (κ2) is 11.8. The van der Waals surface area contributed by atoms with Crippen LogP contribution in [0.3, 0.4) is 0 Å². The summed E-state index contributed by atoms with van der Waals surface area (Å²) in [4.78, 5) is 19.1. The maximum Gasteiger partial charge on any atom is 0.401 e. The zero-order valence-corrected chi connectivity index (χ0v) is 17.3. The minimum atomic E-state index is -4.19. The van der Waals surface area contributed by atoms with Gasteiger partial charge in [0, 0.05) is 33.2 Å². The molecule has 25 heavy (non-hydrogen) atoms. The first-order valence-corrected chi connectivity index (χ1v) is 8.14. The molecule has 10 heteroatoms. The minimum Gasteiger partial charge on any atom is -0.466 e. The highest BCUT2D eigenvalue weighted by Crippen LogP contribution is 2.18. The molecule has 1 aliphatic heterocycles. The van der Waals surface area contributed by atoms with Gasteiger partial charge in [-0.2, -0.15) is 13.2 Å². The molecule has 1 N–H and O–H groups in total. The molecule has 1 heterocycles. The van der Waals surface area contributed by atoms with Crippen LogP contribution >= 0.6 is 24.0 Å². The number of carbonyl (C=O) groups is 1. The van der Waals surface area contributed by atoms with Crippen LogP contribution in [0.4, 0.5) is 13.2 Å². The lowest BCUT2D eigenvalue weighted by atomic mass is 9.97. The van der Waals surface area contributed by atoms with Crippen molar-refractivity contribution in [1.29, 1.82) is 0 Å². The molecular formula is C15H28F3IN4O2. The van der Waals surface area contributed by atoms with E-state index in [4.69, 9.17) is 4.74 Å². The molecule has 0 atom stereocenters. The fraction of sp³-hybridized carbons (Fsp3) is 0.867. The van der Waals surface area contributed by atoms with Gasteiger partial charge in [-0.25, -0.2) is 0 Å². The quantitative estimate of drug-likeness (QED) is 0.273. The van der Waals surface area contributed by atoms with Crippen LogP contribution in [0.15, 0.2) is 4.99 Å². The lowest BCUT2D eigenvalue weighted by Gasteiger charge is -2.33. The van der Waals surface area contributed by atoms with Crippen LogP contribution < -0.4 is 5.32 Å². The standard InChI is InChI=1S/C15H27F3N4O2.HI/c1-4-24-13(23)12-5-8-22(9-6-12)14(19-2)20-7-10-21(3)11-15(16,17)18;/h12H,4-11H2,1-3H3,(H,19,20);1H. The Morgan fingerprint density at radius 3 is 2.44 bits per heavy atom. The van der Waals surface area contributed by atoms with Gasteiger partial charge in [-0.3, -0.25) is 14.7 Å². The van der Waals surface area contributed by atoms with E-state index < -0.39 is 12.7 Å². The van der Waals surface area contributed by atoms with Gasteiger partial charge in [0.1, 0.15) is 0 Å². The molecule has 0 radical (unpaired) electrons. The average Bonchev–Trinajstić information content (AvgIpc) is 2.50. The number of nitrogens with zero attached hydrogens (tertiary/aromatic N) is 3. The van der Waals surface area contributed by atoms with Gasteiger partial charge in [-0.15, -0.1) is 24.0 Å². The summed E-state index contributed by atoms with van der Waals surface area (Å²) < 4.78 is 41.9. The van der Waals surface area contributed by atoms with Crippen molar-refractivity contribution >= 4 is 35.9 Å². The molecule has 6 nitrogen and oxygen atoms in total. The number of aliphatic imine (C=N–C) groups is 1. The van der Waals surface area contributed by atoms with Gasteiger partial charge in [0.15, 0.2) is 5.96 Å². The fourth-order valence-corrected chi connectivity index (χ4v) is 2.66. The lowest BCUT2D eigenvalue weighted by Crippen LogP contribution is -2.48. The molecule has 148 valence electrons. The van der Waals surface area contributed by atoms with Gasteiger partial charge >= 0.3 is 12.1 Å².